The van der Waals surface area contributed by atoms with Gasteiger partial charge in [-0.1, -0.05) is 35.3 Å². The van der Waals surface area contributed by atoms with Gasteiger partial charge in [-0.05, 0) is 48.4 Å². The van der Waals surface area contributed by atoms with Gasteiger partial charge in [-0.2, -0.15) is 5.26 Å². The van der Waals surface area contributed by atoms with Crippen molar-refractivity contribution in [1.29, 1.82) is 5.26 Å². The molecule has 106 valence electrons. The maximum absolute atomic E-state index is 12.3. The van der Waals surface area contributed by atoms with Crippen LogP contribution in [-0.2, 0) is 0 Å². The van der Waals surface area contributed by atoms with Gasteiger partial charge in [0.25, 0.3) is 0 Å². The van der Waals surface area contributed by atoms with E-state index in [1.54, 1.807) is 42.5 Å². The fourth-order valence-electron chi connectivity index (χ4n) is 2.05. The van der Waals surface area contributed by atoms with E-state index in [-0.39, 0.29) is 12.2 Å². The highest BCUT2D eigenvalue weighted by molar-refractivity contribution is 6.31. The summed E-state index contributed by atoms with van der Waals surface area (Å²) in [4.78, 5) is 12.3. The molecule has 2 nitrogen and oxygen atoms in total. The number of carbonyl (C=O) groups is 1. The third-order valence-electron chi connectivity index (χ3n) is 3.30. The molecule has 0 radical (unpaired) electrons. The summed E-state index contributed by atoms with van der Waals surface area (Å²) in [5.41, 5.74) is 2.22. The lowest BCUT2D eigenvalue weighted by Crippen LogP contribution is -2.06. The second kappa shape index (κ2) is 6.76. The van der Waals surface area contributed by atoms with Gasteiger partial charge in [0.05, 0.1) is 12.0 Å². The summed E-state index contributed by atoms with van der Waals surface area (Å²) in [7, 11) is 0. The monoisotopic (exact) mass is 317 g/mol. The lowest BCUT2D eigenvalue weighted by atomic mass is 9.92. The van der Waals surface area contributed by atoms with Crippen LogP contribution >= 0.6 is 23.2 Å². The summed E-state index contributed by atoms with van der Waals surface area (Å²) < 4.78 is 0. The molecule has 0 unspecified atom stereocenters. The standard InChI is InChI=1S/C17H13Cl2NO/c1-11-8-13(4-7-16(11)19)17(21)9-14(10-20)12-2-5-15(18)6-3-12/h2-8,14H,9H2,1H3/t14-/m1/s1. The predicted molar refractivity (Wildman–Crippen MR) is 84.9 cm³/mol. The van der Waals surface area contributed by atoms with Gasteiger partial charge in [-0.25, -0.2) is 0 Å². The van der Waals surface area contributed by atoms with Crippen molar-refractivity contribution in [1.82, 2.24) is 0 Å². The summed E-state index contributed by atoms with van der Waals surface area (Å²) in [5.74, 6) is -0.554. The van der Waals surface area contributed by atoms with Gasteiger partial charge in [0, 0.05) is 22.0 Å². The molecule has 0 spiro atoms. The van der Waals surface area contributed by atoms with Crippen molar-refractivity contribution in [2.45, 2.75) is 19.3 Å². The van der Waals surface area contributed by atoms with Crippen molar-refractivity contribution in [2.75, 3.05) is 0 Å². The van der Waals surface area contributed by atoms with Crippen molar-refractivity contribution >= 4 is 29.0 Å². The molecule has 4 heteroatoms. The summed E-state index contributed by atoms with van der Waals surface area (Å²) in [6.45, 7) is 1.85. The van der Waals surface area contributed by atoms with Gasteiger partial charge in [0.1, 0.15) is 0 Å². The van der Waals surface area contributed by atoms with Gasteiger partial charge in [0.2, 0.25) is 0 Å². The van der Waals surface area contributed by atoms with Gasteiger partial charge in [-0.15, -0.1) is 0 Å². The maximum Gasteiger partial charge on any atom is 0.164 e. The van der Waals surface area contributed by atoms with Gasteiger partial charge < -0.3 is 0 Å². The van der Waals surface area contributed by atoms with Crippen LogP contribution in [0.3, 0.4) is 0 Å². The molecule has 0 N–H and O–H groups in total. The number of halogens is 2. The van der Waals surface area contributed by atoms with E-state index in [0.29, 0.717) is 15.6 Å². The Labute approximate surface area is 133 Å². The molecule has 1 atom stereocenters. The number of nitrogens with zero attached hydrogens (tertiary/aromatic N) is 1. The number of rotatable bonds is 4. The van der Waals surface area contributed by atoms with Crippen LogP contribution in [0.4, 0.5) is 0 Å². The third-order valence-corrected chi connectivity index (χ3v) is 3.97. The van der Waals surface area contributed by atoms with E-state index in [0.717, 1.165) is 11.1 Å². The van der Waals surface area contributed by atoms with Crippen LogP contribution in [0.5, 0.6) is 0 Å². The van der Waals surface area contributed by atoms with E-state index in [1.165, 1.54) is 0 Å². The average Bonchev–Trinajstić information content (AvgIpc) is 2.48. The molecule has 0 aliphatic carbocycles. The SMILES string of the molecule is Cc1cc(C(=O)C[C@H](C#N)c2ccc(Cl)cc2)ccc1Cl. The third kappa shape index (κ3) is 3.85. The van der Waals surface area contributed by atoms with E-state index < -0.39 is 5.92 Å². The highest BCUT2D eigenvalue weighted by Gasteiger charge is 2.17. The number of hydrogen-bond donors (Lipinski definition) is 0. The second-order valence-electron chi connectivity index (χ2n) is 4.82. The molecule has 0 aromatic heterocycles. The quantitative estimate of drug-likeness (QED) is 0.729. The molecule has 0 bridgehead atoms. The summed E-state index contributed by atoms with van der Waals surface area (Å²) in [5, 5.41) is 10.5. The first-order valence-corrected chi connectivity index (χ1v) is 7.21. The molecule has 2 aromatic rings. The van der Waals surface area contributed by atoms with Crippen LogP contribution < -0.4 is 0 Å². The number of carbonyl (C=O) groups excluding carboxylic acids is 1. The van der Waals surface area contributed by atoms with Crippen molar-refractivity contribution < 1.29 is 4.79 Å². The fraction of sp³-hybridized carbons (Fsp3) is 0.176. The highest BCUT2D eigenvalue weighted by atomic mass is 35.5. The van der Waals surface area contributed by atoms with E-state index >= 15 is 0 Å². The van der Waals surface area contributed by atoms with Gasteiger partial charge in [-0.3, -0.25) is 4.79 Å². The minimum Gasteiger partial charge on any atom is -0.294 e. The van der Waals surface area contributed by atoms with Crippen molar-refractivity contribution in [2.24, 2.45) is 0 Å². The summed E-state index contributed by atoms with van der Waals surface area (Å²) in [6.07, 6.45) is 0.138. The van der Waals surface area contributed by atoms with Crippen molar-refractivity contribution in [3.8, 4) is 6.07 Å². The molecular formula is C17H13Cl2NO. The predicted octanol–water partition coefficient (Wildman–Crippen LogP) is 5.18. The summed E-state index contributed by atoms with van der Waals surface area (Å²) >= 11 is 11.8. The zero-order valence-electron chi connectivity index (χ0n) is 11.4. The zero-order valence-corrected chi connectivity index (χ0v) is 12.9. The number of ketones is 1. The smallest absolute Gasteiger partial charge is 0.164 e. The van der Waals surface area contributed by atoms with Crippen LogP contribution in [-0.4, -0.2) is 5.78 Å². The second-order valence-corrected chi connectivity index (χ2v) is 5.67. The molecule has 2 aromatic carbocycles. The number of hydrogen-bond acceptors (Lipinski definition) is 2. The van der Waals surface area contributed by atoms with Crippen LogP contribution in [0.25, 0.3) is 0 Å². The topological polar surface area (TPSA) is 40.9 Å². The molecular weight excluding hydrogens is 305 g/mol. The van der Waals surface area contributed by atoms with E-state index in [9.17, 15) is 10.1 Å². The first kappa shape index (κ1) is 15.6. The minimum absolute atomic E-state index is 0.0729. The average molecular weight is 318 g/mol. The Balaban J connectivity index is 2.18. The van der Waals surface area contributed by atoms with Crippen molar-refractivity contribution in [3.63, 3.8) is 0 Å². The number of benzene rings is 2. The van der Waals surface area contributed by atoms with Crippen LogP contribution in [0.1, 0.15) is 33.8 Å². The Morgan fingerprint density at radius 3 is 2.43 bits per heavy atom. The Bertz CT molecular complexity index is 702. The molecule has 21 heavy (non-hydrogen) atoms. The van der Waals surface area contributed by atoms with Crippen molar-refractivity contribution in [3.05, 3.63) is 69.2 Å². The molecule has 0 aliphatic rings. The fourth-order valence-corrected chi connectivity index (χ4v) is 2.30. The van der Waals surface area contributed by atoms with Gasteiger partial charge in [0.15, 0.2) is 5.78 Å². The molecule has 0 saturated heterocycles. The van der Waals surface area contributed by atoms with Crippen LogP contribution in [0.15, 0.2) is 42.5 Å². The molecule has 0 fully saturated rings. The molecule has 0 heterocycles. The van der Waals surface area contributed by atoms with Crippen LogP contribution in [0.2, 0.25) is 10.0 Å². The number of nitriles is 1. The zero-order chi connectivity index (χ0) is 15.4. The Hall–Kier alpha value is -1.82. The van der Waals surface area contributed by atoms with Gasteiger partial charge >= 0.3 is 0 Å². The van der Waals surface area contributed by atoms with E-state index in [4.69, 9.17) is 23.2 Å². The first-order valence-electron chi connectivity index (χ1n) is 6.45. The minimum atomic E-state index is -0.481. The lowest BCUT2D eigenvalue weighted by Gasteiger charge is -2.09. The Morgan fingerprint density at radius 2 is 1.86 bits per heavy atom. The number of aryl methyl sites for hydroxylation is 1. The molecule has 0 amide bonds. The van der Waals surface area contributed by atoms with E-state index in [1.807, 2.05) is 6.92 Å². The maximum atomic E-state index is 12.3. The first-order chi connectivity index (χ1) is 10.0. The van der Waals surface area contributed by atoms with E-state index in [2.05, 4.69) is 6.07 Å². The largest absolute Gasteiger partial charge is 0.294 e. The van der Waals surface area contributed by atoms with Crippen LogP contribution in [0, 0.1) is 18.3 Å². The Morgan fingerprint density at radius 1 is 1.19 bits per heavy atom. The lowest BCUT2D eigenvalue weighted by molar-refractivity contribution is 0.0979. The molecule has 2 rings (SSSR count). The number of Topliss-reactive ketones (excluding diaryl/α,β-unsaturated/α-hetero) is 1. The summed E-state index contributed by atoms with van der Waals surface area (Å²) in [6, 6.07) is 14.3. The highest BCUT2D eigenvalue weighted by Crippen LogP contribution is 2.24. The molecule has 0 saturated carbocycles. The Kier molecular flexibility index (Phi) is 5.01. The normalized spacial score (nSPS) is 11.7. The molecule has 0 aliphatic heterocycles.